The minimum atomic E-state index is -0.724. The lowest BCUT2D eigenvalue weighted by Crippen LogP contribution is -2.37. The summed E-state index contributed by atoms with van der Waals surface area (Å²) in [4.78, 5) is 34.6. The minimum absolute atomic E-state index is 0.145. The lowest BCUT2D eigenvalue weighted by molar-refractivity contribution is -0.127. The molecule has 0 aliphatic rings. The highest BCUT2D eigenvalue weighted by Crippen LogP contribution is 2.21. The first-order valence-corrected chi connectivity index (χ1v) is 7.51. The van der Waals surface area contributed by atoms with Crippen LogP contribution < -0.4 is 10.6 Å². The van der Waals surface area contributed by atoms with Crippen molar-refractivity contribution in [1.29, 1.82) is 0 Å². The van der Waals surface area contributed by atoms with E-state index < -0.39 is 18.5 Å². The fourth-order valence-electron chi connectivity index (χ4n) is 1.77. The number of likely N-dealkylation sites (N-methyl/N-ethyl adjacent to an activating group) is 1. The van der Waals surface area contributed by atoms with Gasteiger partial charge < -0.3 is 15.4 Å². The second-order valence-electron chi connectivity index (χ2n) is 5.35. The predicted octanol–water partition coefficient (Wildman–Crippen LogP) is 0.520. The minimum Gasteiger partial charge on any atom is -0.452 e. The van der Waals surface area contributed by atoms with Gasteiger partial charge in [0.05, 0.1) is 12.2 Å². The third-order valence-electron chi connectivity index (χ3n) is 2.87. The number of nitrogens with one attached hydrogen (secondary N) is 2. The molecule has 0 unspecified atom stereocenters. The number of aryl methyl sites for hydroxylation is 1. The molecular weight excluding hydrogens is 324 g/mol. The molecular formula is C14H21ClN4O4. The molecule has 0 bridgehead atoms. The normalized spacial score (nSPS) is 10.5. The zero-order valence-corrected chi connectivity index (χ0v) is 14.4. The molecule has 1 aromatic rings. The molecule has 2 N–H and O–H groups in total. The Morgan fingerprint density at radius 2 is 1.96 bits per heavy atom. The number of amides is 2. The second-order valence-corrected chi connectivity index (χ2v) is 5.71. The number of hydrogen-bond acceptors (Lipinski definition) is 5. The maximum Gasteiger partial charge on any atom is 0.343 e. The van der Waals surface area contributed by atoms with E-state index in [1.165, 1.54) is 11.7 Å². The SMILES string of the molecule is CNC(=O)CNC(=O)COC(=O)c1c(C)nn(CC(C)C)c1Cl. The molecule has 0 aromatic carbocycles. The van der Waals surface area contributed by atoms with Crippen molar-refractivity contribution in [3.05, 3.63) is 16.4 Å². The van der Waals surface area contributed by atoms with Crippen molar-refractivity contribution in [2.75, 3.05) is 20.2 Å². The quantitative estimate of drug-likeness (QED) is 0.702. The smallest absolute Gasteiger partial charge is 0.343 e. The Balaban J connectivity index is 2.63. The molecule has 1 rings (SSSR count). The van der Waals surface area contributed by atoms with Crippen LogP contribution in [0.15, 0.2) is 0 Å². The molecule has 9 heteroatoms. The maximum atomic E-state index is 12.1. The van der Waals surface area contributed by atoms with Crippen LogP contribution in [0.2, 0.25) is 5.15 Å². The molecule has 23 heavy (non-hydrogen) atoms. The first-order chi connectivity index (χ1) is 10.8. The summed E-state index contributed by atoms with van der Waals surface area (Å²) in [6, 6.07) is 0. The van der Waals surface area contributed by atoms with Gasteiger partial charge in [-0.05, 0) is 12.8 Å². The summed E-state index contributed by atoms with van der Waals surface area (Å²) < 4.78 is 6.45. The number of nitrogens with zero attached hydrogens (tertiary/aromatic N) is 2. The lowest BCUT2D eigenvalue weighted by atomic mass is 10.2. The van der Waals surface area contributed by atoms with Crippen LogP contribution in [0, 0.1) is 12.8 Å². The summed E-state index contributed by atoms with van der Waals surface area (Å²) in [5, 5.41) is 9.06. The van der Waals surface area contributed by atoms with Gasteiger partial charge in [0.15, 0.2) is 6.61 Å². The van der Waals surface area contributed by atoms with Crippen molar-refractivity contribution in [2.24, 2.45) is 5.92 Å². The molecule has 0 aliphatic heterocycles. The van der Waals surface area contributed by atoms with Crippen LogP contribution >= 0.6 is 11.6 Å². The summed E-state index contributed by atoms with van der Waals surface area (Å²) in [7, 11) is 1.45. The number of rotatable bonds is 7. The average Bonchev–Trinajstić information content (AvgIpc) is 2.75. The first kappa shape index (κ1) is 19.0. The topological polar surface area (TPSA) is 102 Å². The molecule has 0 radical (unpaired) electrons. The van der Waals surface area contributed by atoms with Crippen molar-refractivity contribution >= 4 is 29.4 Å². The van der Waals surface area contributed by atoms with E-state index >= 15 is 0 Å². The highest BCUT2D eigenvalue weighted by molar-refractivity contribution is 6.32. The third-order valence-corrected chi connectivity index (χ3v) is 3.25. The second kappa shape index (κ2) is 8.52. The van der Waals surface area contributed by atoms with Crippen LogP contribution in [-0.2, 0) is 20.9 Å². The number of ether oxygens (including phenoxy) is 1. The van der Waals surface area contributed by atoms with Crippen LogP contribution in [0.1, 0.15) is 29.9 Å². The fraction of sp³-hybridized carbons (Fsp3) is 0.571. The summed E-state index contributed by atoms with van der Waals surface area (Å²) in [5.74, 6) is -1.34. The monoisotopic (exact) mass is 344 g/mol. The number of halogens is 1. The van der Waals surface area contributed by atoms with E-state index in [4.69, 9.17) is 16.3 Å². The molecule has 128 valence electrons. The number of carbonyl (C=O) groups excluding carboxylic acids is 3. The van der Waals surface area contributed by atoms with Gasteiger partial charge in [-0.2, -0.15) is 5.10 Å². The van der Waals surface area contributed by atoms with Gasteiger partial charge in [-0.3, -0.25) is 14.3 Å². The molecule has 0 spiro atoms. The maximum absolute atomic E-state index is 12.1. The van der Waals surface area contributed by atoms with Gasteiger partial charge in [0.25, 0.3) is 5.91 Å². The molecule has 0 saturated heterocycles. The first-order valence-electron chi connectivity index (χ1n) is 7.13. The van der Waals surface area contributed by atoms with E-state index in [0.29, 0.717) is 18.2 Å². The molecule has 1 heterocycles. The van der Waals surface area contributed by atoms with E-state index in [-0.39, 0.29) is 23.2 Å². The number of aromatic nitrogens is 2. The largest absolute Gasteiger partial charge is 0.452 e. The van der Waals surface area contributed by atoms with Gasteiger partial charge in [-0.15, -0.1) is 0 Å². The Kier molecular flexibility index (Phi) is 7.02. The van der Waals surface area contributed by atoms with Gasteiger partial charge in [-0.1, -0.05) is 25.4 Å². The Morgan fingerprint density at radius 3 is 2.52 bits per heavy atom. The van der Waals surface area contributed by atoms with Crippen molar-refractivity contribution in [3.8, 4) is 0 Å². The molecule has 0 saturated carbocycles. The lowest BCUT2D eigenvalue weighted by Gasteiger charge is -2.07. The molecule has 0 aliphatic carbocycles. The number of carbonyl (C=O) groups is 3. The molecule has 0 atom stereocenters. The van der Waals surface area contributed by atoms with E-state index in [1.54, 1.807) is 6.92 Å². The zero-order chi connectivity index (χ0) is 17.6. The zero-order valence-electron chi connectivity index (χ0n) is 13.6. The van der Waals surface area contributed by atoms with Crippen molar-refractivity contribution in [2.45, 2.75) is 27.3 Å². The highest BCUT2D eigenvalue weighted by Gasteiger charge is 2.22. The van der Waals surface area contributed by atoms with E-state index in [1.807, 2.05) is 13.8 Å². The molecule has 2 amide bonds. The highest BCUT2D eigenvalue weighted by atomic mass is 35.5. The Labute approximate surface area is 139 Å². The van der Waals surface area contributed by atoms with Crippen molar-refractivity contribution < 1.29 is 19.1 Å². The standard InChI is InChI=1S/C14H21ClN4O4/c1-8(2)6-19-13(15)12(9(3)18-19)14(22)23-7-11(21)17-5-10(20)16-4/h8H,5-7H2,1-4H3,(H,16,20)(H,17,21). The Bertz CT molecular complexity index is 598. The Hall–Kier alpha value is -2.09. The third kappa shape index (κ3) is 5.55. The van der Waals surface area contributed by atoms with Crippen LogP contribution in [-0.4, -0.2) is 47.8 Å². The number of hydrogen-bond donors (Lipinski definition) is 2. The fourth-order valence-corrected chi connectivity index (χ4v) is 2.09. The average molecular weight is 345 g/mol. The van der Waals surface area contributed by atoms with Gasteiger partial charge >= 0.3 is 5.97 Å². The van der Waals surface area contributed by atoms with Gasteiger partial charge in [0.2, 0.25) is 5.91 Å². The van der Waals surface area contributed by atoms with Crippen LogP contribution in [0.4, 0.5) is 0 Å². The van der Waals surface area contributed by atoms with E-state index in [9.17, 15) is 14.4 Å². The van der Waals surface area contributed by atoms with Crippen molar-refractivity contribution in [3.63, 3.8) is 0 Å². The summed E-state index contributed by atoms with van der Waals surface area (Å²) in [6.45, 7) is 5.54. The van der Waals surface area contributed by atoms with E-state index in [0.717, 1.165) is 0 Å². The molecule has 0 fully saturated rings. The van der Waals surface area contributed by atoms with Gasteiger partial charge in [0.1, 0.15) is 10.7 Å². The van der Waals surface area contributed by atoms with Gasteiger partial charge in [-0.25, -0.2) is 4.79 Å². The number of esters is 1. The molecule has 1 aromatic heterocycles. The molecule has 8 nitrogen and oxygen atoms in total. The summed E-state index contributed by atoms with van der Waals surface area (Å²) >= 11 is 6.15. The summed E-state index contributed by atoms with van der Waals surface area (Å²) in [6.07, 6.45) is 0. The van der Waals surface area contributed by atoms with E-state index in [2.05, 4.69) is 15.7 Å². The predicted molar refractivity (Wildman–Crippen MR) is 84.2 cm³/mol. The van der Waals surface area contributed by atoms with Crippen LogP contribution in [0.3, 0.4) is 0 Å². The van der Waals surface area contributed by atoms with Crippen molar-refractivity contribution in [1.82, 2.24) is 20.4 Å². The van der Waals surface area contributed by atoms with Crippen LogP contribution in [0.25, 0.3) is 0 Å². The van der Waals surface area contributed by atoms with Gasteiger partial charge in [0, 0.05) is 13.6 Å². The van der Waals surface area contributed by atoms with Crippen LogP contribution in [0.5, 0.6) is 0 Å². The summed E-state index contributed by atoms with van der Waals surface area (Å²) in [5.41, 5.74) is 0.581. The Morgan fingerprint density at radius 1 is 1.30 bits per heavy atom.